The van der Waals surface area contributed by atoms with Crippen molar-refractivity contribution in [3.8, 4) is 28.7 Å². The van der Waals surface area contributed by atoms with Crippen molar-refractivity contribution in [1.29, 1.82) is 5.26 Å². The molecule has 27 heavy (non-hydrogen) atoms. The number of hydrogen-bond acceptors (Lipinski definition) is 4. The Bertz CT molecular complexity index is 932. The maximum absolute atomic E-state index is 12.2. The second-order valence-corrected chi connectivity index (χ2v) is 5.67. The number of nitriles is 1. The fourth-order valence-electron chi connectivity index (χ4n) is 2.54. The first kappa shape index (κ1) is 18.0. The Morgan fingerprint density at radius 2 is 1.59 bits per heavy atom. The highest BCUT2D eigenvalue weighted by molar-refractivity contribution is 5.92. The van der Waals surface area contributed by atoms with Crippen LogP contribution in [0.3, 0.4) is 0 Å². The molecule has 0 fully saturated rings. The minimum atomic E-state index is -0.261. The van der Waals surface area contributed by atoms with Crippen LogP contribution in [0.4, 0.5) is 5.69 Å². The normalized spacial score (nSPS) is 9.89. The predicted octanol–water partition coefficient (Wildman–Crippen LogP) is 4.27. The van der Waals surface area contributed by atoms with Gasteiger partial charge in [0.25, 0.3) is 5.91 Å². The summed E-state index contributed by atoms with van der Waals surface area (Å²) in [7, 11) is 0. The molecule has 3 aromatic rings. The predicted molar refractivity (Wildman–Crippen MR) is 104 cm³/mol. The van der Waals surface area contributed by atoms with Crippen LogP contribution in [0.1, 0.15) is 0 Å². The lowest BCUT2D eigenvalue weighted by Crippen LogP contribution is -2.20. The van der Waals surface area contributed by atoms with Crippen molar-refractivity contribution in [2.45, 2.75) is 0 Å². The molecule has 5 nitrogen and oxygen atoms in total. The molecule has 0 aliphatic heterocycles. The Labute approximate surface area is 157 Å². The van der Waals surface area contributed by atoms with Crippen molar-refractivity contribution in [2.24, 2.45) is 0 Å². The molecule has 134 valence electrons. The van der Waals surface area contributed by atoms with E-state index in [1.807, 2.05) is 60.7 Å². The molecule has 0 spiro atoms. The van der Waals surface area contributed by atoms with Crippen LogP contribution < -0.4 is 14.8 Å². The molecule has 0 aliphatic rings. The maximum Gasteiger partial charge on any atom is 0.262 e. The van der Waals surface area contributed by atoms with Crippen molar-refractivity contribution in [1.82, 2.24) is 0 Å². The average Bonchev–Trinajstić information content (AvgIpc) is 2.72. The Morgan fingerprint density at radius 3 is 2.33 bits per heavy atom. The second-order valence-electron chi connectivity index (χ2n) is 5.67. The molecule has 3 aromatic carbocycles. The first-order valence-electron chi connectivity index (χ1n) is 8.43. The van der Waals surface area contributed by atoms with Gasteiger partial charge in [-0.15, -0.1) is 0 Å². The van der Waals surface area contributed by atoms with Crippen molar-refractivity contribution >= 4 is 11.6 Å². The molecule has 0 saturated carbocycles. The largest absolute Gasteiger partial charge is 0.483 e. The van der Waals surface area contributed by atoms with E-state index >= 15 is 0 Å². The van der Waals surface area contributed by atoms with Gasteiger partial charge in [-0.3, -0.25) is 4.79 Å². The third-order valence-corrected chi connectivity index (χ3v) is 3.77. The number of benzene rings is 3. The summed E-state index contributed by atoms with van der Waals surface area (Å²) in [5.41, 5.74) is 2.59. The topological polar surface area (TPSA) is 71.3 Å². The highest BCUT2D eigenvalue weighted by atomic mass is 16.5. The number of hydrogen-bond donors (Lipinski definition) is 1. The second kappa shape index (κ2) is 9.07. The summed E-state index contributed by atoms with van der Waals surface area (Å²) in [5, 5.41) is 11.3. The Morgan fingerprint density at radius 1 is 0.889 bits per heavy atom. The number of carbonyl (C=O) groups excluding carboxylic acids is 1. The molecule has 1 amide bonds. The zero-order chi connectivity index (χ0) is 18.9. The molecule has 0 bridgehead atoms. The summed E-state index contributed by atoms with van der Waals surface area (Å²) in [4.78, 5) is 12.2. The molecule has 0 saturated heterocycles. The van der Waals surface area contributed by atoms with E-state index in [4.69, 9.17) is 14.7 Å². The molecular formula is C22H18N2O3. The van der Waals surface area contributed by atoms with Gasteiger partial charge >= 0.3 is 0 Å². The molecule has 5 heteroatoms. The monoisotopic (exact) mass is 358 g/mol. The minimum Gasteiger partial charge on any atom is -0.483 e. The Balaban J connectivity index is 1.59. The number of anilines is 1. The molecule has 0 atom stereocenters. The van der Waals surface area contributed by atoms with E-state index in [0.29, 0.717) is 17.2 Å². The van der Waals surface area contributed by atoms with Gasteiger partial charge < -0.3 is 14.8 Å². The van der Waals surface area contributed by atoms with Crippen LogP contribution in [0.2, 0.25) is 0 Å². The van der Waals surface area contributed by atoms with Crippen LogP contribution in [0.25, 0.3) is 11.1 Å². The van der Waals surface area contributed by atoms with Crippen LogP contribution in [0.5, 0.6) is 11.5 Å². The van der Waals surface area contributed by atoms with Gasteiger partial charge in [-0.25, -0.2) is 0 Å². The van der Waals surface area contributed by atoms with Crippen LogP contribution >= 0.6 is 0 Å². The molecular weight excluding hydrogens is 340 g/mol. The van der Waals surface area contributed by atoms with Gasteiger partial charge in [0.2, 0.25) is 0 Å². The minimum absolute atomic E-state index is 0.0135. The van der Waals surface area contributed by atoms with Gasteiger partial charge in [0.05, 0.1) is 0 Å². The van der Waals surface area contributed by atoms with E-state index < -0.39 is 0 Å². The lowest BCUT2D eigenvalue weighted by atomic mass is 10.1. The van der Waals surface area contributed by atoms with Crippen LogP contribution in [0, 0.1) is 11.3 Å². The average molecular weight is 358 g/mol. The summed E-state index contributed by atoms with van der Waals surface area (Å²) < 4.78 is 10.9. The fraction of sp³-hybridized carbons (Fsp3) is 0.0909. The molecule has 3 rings (SSSR count). The van der Waals surface area contributed by atoms with Gasteiger partial charge in [-0.05, 0) is 35.9 Å². The fourth-order valence-corrected chi connectivity index (χ4v) is 2.54. The number of nitrogens with one attached hydrogen (secondary N) is 1. The smallest absolute Gasteiger partial charge is 0.262 e. The molecule has 0 heterocycles. The van der Waals surface area contributed by atoms with Gasteiger partial charge in [0.15, 0.2) is 13.2 Å². The van der Waals surface area contributed by atoms with E-state index in [0.717, 1.165) is 11.1 Å². The zero-order valence-corrected chi connectivity index (χ0v) is 14.6. The summed E-state index contributed by atoms with van der Waals surface area (Å²) in [5.74, 6) is 0.963. The van der Waals surface area contributed by atoms with Gasteiger partial charge in [0, 0.05) is 11.3 Å². The van der Waals surface area contributed by atoms with E-state index in [9.17, 15) is 4.79 Å². The van der Waals surface area contributed by atoms with Gasteiger partial charge in [-0.2, -0.15) is 5.26 Å². The van der Waals surface area contributed by atoms with E-state index in [1.54, 1.807) is 24.3 Å². The number of nitrogens with zero attached hydrogens (tertiary/aromatic N) is 1. The van der Waals surface area contributed by atoms with Crippen LogP contribution in [0.15, 0.2) is 78.9 Å². The SMILES string of the molecule is N#CCOc1ccc(NC(=O)COc2ccccc2-c2ccccc2)cc1. The highest BCUT2D eigenvalue weighted by Crippen LogP contribution is 2.29. The van der Waals surface area contributed by atoms with Gasteiger partial charge in [-0.1, -0.05) is 48.5 Å². The quantitative estimate of drug-likeness (QED) is 0.684. The highest BCUT2D eigenvalue weighted by Gasteiger charge is 2.08. The number of para-hydroxylation sites is 1. The van der Waals surface area contributed by atoms with Crippen molar-refractivity contribution < 1.29 is 14.3 Å². The molecule has 0 aliphatic carbocycles. The number of amides is 1. The van der Waals surface area contributed by atoms with Crippen LogP contribution in [-0.4, -0.2) is 19.1 Å². The first-order chi connectivity index (χ1) is 13.3. The van der Waals surface area contributed by atoms with E-state index in [1.165, 1.54) is 0 Å². The molecule has 0 aromatic heterocycles. The summed E-state index contributed by atoms with van der Waals surface area (Å²) in [6.07, 6.45) is 0. The third kappa shape index (κ3) is 5.10. The lowest BCUT2D eigenvalue weighted by molar-refractivity contribution is -0.118. The summed E-state index contributed by atoms with van der Waals surface area (Å²) in [6, 6.07) is 26.2. The third-order valence-electron chi connectivity index (χ3n) is 3.77. The summed E-state index contributed by atoms with van der Waals surface area (Å²) in [6.45, 7) is -0.114. The van der Waals surface area contributed by atoms with Crippen LogP contribution in [-0.2, 0) is 4.79 Å². The lowest BCUT2D eigenvalue weighted by Gasteiger charge is -2.12. The van der Waals surface area contributed by atoms with Crippen molar-refractivity contribution in [3.63, 3.8) is 0 Å². The van der Waals surface area contributed by atoms with Crippen molar-refractivity contribution in [2.75, 3.05) is 18.5 Å². The summed E-state index contributed by atoms with van der Waals surface area (Å²) >= 11 is 0. The Hall–Kier alpha value is -3.78. The van der Waals surface area contributed by atoms with E-state index in [2.05, 4.69) is 5.32 Å². The maximum atomic E-state index is 12.2. The van der Waals surface area contributed by atoms with Crippen molar-refractivity contribution in [3.05, 3.63) is 78.9 Å². The molecule has 1 N–H and O–H groups in total. The first-order valence-corrected chi connectivity index (χ1v) is 8.43. The van der Waals surface area contributed by atoms with E-state index in [-0.39, 0.29) is 19.1 Å². The standard InChI is InChI=1S/C22H18N2O3/c23-14-15-26-19-12-10-18(11-13-19)24-22(25)16-27-21-9-5-4-8-20(21)17-6-2-1-3-7-17/h1-13H,15-16H2,(H,24,25). The number of ether oxygens (including phenoxy) is 2. The number of rotatable bonds is 7. The number of carbonyl (C=O) groups is 1. The van der Waals surface area contributed by atoms with Gasteiger partial charge in [0.1, 0.15) is 17.6 Å². The Kier molecular flexibility index (Phi) is 6.05. The molecule has 0 unspecified atom stereocenters. The zero-order valence-electron chi connectivity index (χ0n) is 14.6. The molecule has 0 radical (unpaired) electrons.